The highest BCUT2D eigenvalue weighted by molar-refractivity contribution is 5.95. The number of carboxylic acid groups (broad SMARTS) is 1. The van der Waals surface area contributed by atoms with E-state index in [9.17, 15) is 9.59 Å². The van der Waals surface area contributed by atoms with Crippen molar-refractivity contribution < 1.29 is 24.2 Å². The molecule has 0 radical (unpaired) electrons. The summed E-state index contributed by atoms with van der Waals surface area (Å²) in [6.07, 6.45) is -0.0768. The summed E-state index contributed by atoms with van der Waals surface area (Å²) >= 11 is 0. The molecule has 0 saturated heterocycles. The maximum absolute atomic E-state index is 12.7. The van der Waals surface area contributed by atoms with Crippen LogP contribution in [0, 0.1) is 5.92 Å². The fourth-order valence-corrected chi connectivity index (χ4v) is 2.21. The first-order valence-corrected chi connectivity index (χ1v) is 7.70. The van der Waals surface area contributed by atoms with Crippen LogP contribution >= 0.6 is 0 Å². The molecule has 0 fully saturated rings. The van der Waals surface area contributed by atoms with Crippen molar-refractivity contribution in [3.05, 3.63) is 23.8 Å². The van der Waals surface area contributed by atoms with Crippen LogP contribution in [-0.2, 0) is 4.79 Å². The second kappa shape index (κ2) is 9.02. The van der Waals surface area contributed by atoms with E-state index in [0.717, 1.165) is 0 Å². The summed E-state index contributed by atoms with van der Waals surface area (Å²) < 4.78 is 10.7. The molecule has 0 atom stereocenters. The van der Waals surface area contributed by atoms with E-state index in [1.165, 1.54) is 7.11 Å². The number of aliphatic carboxylic acids is 1. The first-order chi connectivity index (χ1) is 10.9. The summed E-state index contributed by atoms with van der Waals surface area (Å²) in [4.78, 5) is 25.0. The van der Waals surface area contributed by atoms with Gasteiger partial charge in [0.2, 0.25) is 0 Å². The van der Waals surface area contributed by atoms with Crippen molar-refractivity contribution in [2.45, 2.75) is 27.2 Å². The number of hydrogen-bond acceptors (Lipinski definition) is 4. The molecule has 0 aliphatic carbocycles. The van der Waals surface area contributed by atoms with E-state index in [1.807, 2.05) is 20.8 Å². The smallest absolute Gasteiger partial charge is 0.305 e. The van der Waals surface area contributed by atoms with Crippen molar-refractivity contribution in [3.8, 4) is 11.5 Å². The van der Waals surface area contributed by atoms with E-state index >= 15 is 0 Å². The van der Waals surface area contributed by atoms with E-state index in [0.29, 0.717) is 30.2 Å². The third kappa shape index (κ3) is 5.81. The molecule has 0 bridgehead atoms. The highest BCUT2D eigenvalue weighted by atomic mass is 16.5. The molecule has 0 aliphatic heterocycles. The lowest BCUT2D eigenvalue weighted by atomic mass is 10.1. The minimum Gasteiger partial charge on any atom is -0.493 e. The Hall–Kier alpha value is -2.24. The van der Waals surface area contributed by atoms with Crippen molar-refractivity contribution in [2.75, 3.05) is 26.8 Å². The number of rotatable bonds is 9. The minimum absolute atomic E-state index is 0.0768. The van der Waals surface area contributed by atoms with E-state index < -0.39 is 5.97 Å². The SMILES string of the molecule is CCOc1ccc(C(=O)N(CCC(=O)O)CC(C)C)cc1OC. The second-order valence-corrected chi connectivity index (χ2v) is 5.59. The minimum atomic E-state index is -0.921. The fraction of sp³-hybridized carbons (Fsp3) is 0.529. The Morgan fingerprint density at radius 3 is 2.48 bits per heavy atom. The number of nitrogens with zero attached hydrogens (tertiary/aromatic N) is 1. The molecule has 1 rings (SSSR count). The molecular weight excluding hydrogens is 298 g/mol. The molecule has 0 spiro atoms. The Labute approximate surface area is 137 Å². The van der Waals surface area contributed by atoms with Crippen LogP contribution in [0.15, 0.2) is 18.2 Å². The van der Waals surface area contributed by atoms with Crippen LogP contribution < -0.4 is 9.47 Å². The van der Waals surface area contributed by atoms with Gasteiger partial charge >= 0.3 is 5.97 Å². The van der Waals surface area contributed by atoms with E-state index in [4.69, 9.17) is 14.6 Å². The summed E-state index contributed by atoms with van der Waals surface area (Å²) in [5.41, 5.74) is 0.455. The maximum atomic E-state index is 12.7. The van der Waals surface area contributed by atoms with Gasteiger partial charge in [-0.3, -0.25) is 9.59 Å². The topological polar surface area (TPSA) is 76.1 Å². The third-order valence-corrected chi connectivity index (χ3v) is 3.18. The Bertz CT molecular complexity index is 542. The van der Waals surface area contributed by atoms with Gasteiger partial charge in [-0.05, 0) is 31.0 Å². The highest BCUT2D eigenvalue weighted by Crippen LogP contribution is 2.28. The number of hydrogen-bond donors (Lipinski definition) is 1. The normalized spacial score (nSPS) is 10.5. The van der Waals surface area contributed by atoms with Crippen LogP contribution in [0.4, 0.5) is 0 Å². The Morgan fingerprint density at radius 2 is 1.96 bits per heavy atom. The summed E-state index contributed by atoms with van der Waals surface area (Å²) in [6.45, 7) is 7.03. The predicted molar refractivity (Wildman–Crippen MR) is 87.2 cm³/mol. The lowest BCUT2D eigenvalue weighted by molar-refractivity contribution is -0.137. The van der Waals surface area contributed by atoms with E-state index in [-0.39, 0.29) is 24.8 Å². The monoisotopic (exact) mass is 323 g/mol. The van der Waals surface area contributed by atoms with Crippen LogP contribution in [0.25, 0.3) is 0 Å². The van der Waals surface area contributed by atoms with Crippen LogP contribution in [-0.4, -0.2) is 48.7 Å². The van der Waals surface area contributed by atoms with Crippen molar-refractivity contribution in [2.24, 2.45) is 5.92 Å². The Morgan fingerprint density at radius 1 is 1.26 bits per heavy atom. The number of carboxylic acids is 1. The number of ether oxygens (including phenoxy) is 2. The van der Waals surface area contributed by atoms with Gasteiger partial charge in [-0.25, -0.2) is 0 Å². The molecule has 0 saturated carbocycles. The molecule has 0 unspecified atom stereocenters. The Balaban J connectivity index is 2.99. The zero-order valence-electron chi connectivity index (χ0n) is 14.2. The molecule has 1 aromatic rings. The van der Waals surface area contributed by atoms with E-state index in [2.05, 4.69) is 0 Å². The van der Waals surface area contributed by atoms with Crippen molar-refractivity contribution in [1.29, 1.82) is 0 Å². The highest BCUT2D eigenvalue weighted by Gasteiger charge is 2.19. The number of amides is 1. The molecule has 0 heterocycles. The molecule has 128 valence electrons. The molecule has 1 N–H and O–H groups in total. The van der Waals surface area contributed by atoms with Crippen LogP contribution in [0.5, 0.6) is 11.5 Å². The molecule has 1 amide bonds. The van der Waals surface area contributed by atoms with Crippen molar-refractivity contribution in [3.63, 3.8) is 0 Å². The number of carbonyl (C=O) groups excluding carboxylic acids is 1. The standard InChI is InChI=1S/C17H25NO5/c1-5-23-14-7-6-13(10-15(14)22-4)17(21)18(11-12(2)3)9-8-16(19)20/h6-7,10,12H,5,8-9,11H2,1-4H3,(H,19,20). The molecule has 0 aromatic heterocycles. The third-order valence-electron chi connectivity index (χ3n) is 3.18. The number of benzene rings is 1. The average Bonchev–Trinajstić information content (AvgIpc) is 2.51. The van der Waals surface area contributed by atoms with Crippen LogP contribution in [0.1, 0.15) is 37.6 Å². The van der Waals surface area contributed by atoms with E-state index in [1.54, 1.807) is 23.1 Å². The average molecular weight is 323 g/mol. The van der Waals surface area contributed by atoms with Crippen molar-refractivity contribution >= 4 is 11.9 Å². The number of methoxy groups -OCH3 is 1. The van der Waals surface area contributed by atoms with Gasteiger partial charge in [0.05, 0.1) is 20.1 Å². The fourth-order valence-electron chi connectivity index (χ4n) is 2.21. The van der Waals surface area contributed by atoms with Gasteiger partial charge in [0.25, 0.3) is 5.91 Å². The summed E-state index contributed by atoms with van der Waals surface area (Å²) in [5.74, 6) is 0.183. The Kier molecular flexibility index (Phi) is 7.38. The summed E-state index contributed by atoms with van der Waals surface area (Å²) in [7, 11) is 1.52. The second-order valence-electron chi connectivity index (χ2n) is 5.59. The largest absolute Gasteiger partial charge is 0.493 e. The van der Waals surface area contributed by atoms with Gasteiger partial charge in [0.15, 0.2) is 11.5 Å². The van der Waals surface area contributed by atoms with Gasteiger partial charge in [-0.2, -0.15) is 0 Å². The lowest BCUT2D eigenvalue weighted by Gasteiger charge is -2.24. The molecule has 1 aromatic carbocycles. The molecular formula is C17H25NO5. The zero-order chi connectivity index (χ0) is 17.4. The zero-order valence-corrected chi connectivity index (χ0v) is 14.2. The predicted octanol–water partition coefficient (Wildman–Crippen LogP) is 2.67. The van der Waals surface area contributed by atoms with Gasteiger partial charge in [-0.1, -0.05) is 13.8 Å². The van der Waals surface area contributed by atoms with Gasteiger partial charge < -0.3 is 19.5 Å². The van der Waals surface area contributed by atoms with Gasteiger partial charge in [-0.15, -0.1) is 0 Å². The van der Waals surface area contributed by atoms with Gasteiger partial charge in [0, 0.05) is 18.7 Å². The first-order valence-electron chi connectivity index (χ1n) is 7.70. The first kappa shape index (κ1) is 18.8. The van der Waals surface area contributed by atoms with Crippen LogP contribution in [0.3, 0.4) is 0 Å². The molecule has 23 heavy (non-hydrogen) atoms. The van der Waals surface area contributed by atoms with Gasteiger partial charge in [0.1, 0.15) is 0 Å². The summed E-state index contributed by atoms with van der Waals surface area (Å²) in [5, 5.41) is 8.85. The molecule has 0 aliphatic rings. The number of carbonyl (C=O) groups is 2. The molecule has 6 heteroatoms. The lowest BCUT2D eigenvalue weighted by Crippen LogP contribution is -2.36. The molecule has 6 nitrogen and oxygen atoms in total. The maximum Gasteiger partial charge on any atom is 0.305 e. The quantitative estimate of drug-likeness (QED) is 0.756. The van der Waals surface area contributed by atoms with Crippen molar-refractivity contribution in [1.82, 2.24) is 4.90 Å². The van der Waals surface area contributed by atoms with Crippen LogP contribution in [0.2, 0.25) is 0 Å². The summed E-state index contributed by atoms with van der Waals surface area (Å²) in [6, 6.07) is 4.99.